The molecule has 2 aromatic rings. The number of carbonyl (C=O) groups is 4. The van der Waals surface area contributed by atoms with Crippen LogP contribution in [0.2, 0.25) is 0 Å². The molecule has 0 spiro atoms. The lowest BCUT2D eigenvalue weighted by atomic mass is 10.1. The standard InChI is InChI=1S/C27H31N3O8/c1-30(15-17-38-27(34)13-11-25(32)36-3)23-9-5-8-22(29-23)21-7-4-6-20(18-21)19-28-14-16-37-26(33)12-10-24(31)35-2/h4-13,18,28H,14-17,19H2,1-3H3/b12-10+,13-11+. The van der Waals surface area contributed by atoms with E-state index in [1.807, 2.05) is 54.4 Å². The summed E-state index contributed by atoms with van der Waals surface area (Å²) < 4.78 is 18.9. The van der Waals surface area contributed by atoms with E-state index in [1.165, 1.54) is 14.2 Å². The fourth-order valence-corrected chi connectivity index (χ4v) is 3.00. The Hall–Kier alpha value is -4.51. The monoisotopic (exact) mass is 525 g/mol. The van der Waals surface area contributed by atoms with Gasteiger partial charge in [-0.15, -0.1) is 0 Å². The van der Waals surface area contributed by atoms with Gasteiger partial charge in [-0.25, -0.2) is 24.2 Å². The van der Waals surface area contributed by atoms with E-state index in [4.69, 9.17) is 14.5 Å². The van der Waals surface area contributed by atoms with E-state index in [-0.39, 0.29) is 13.2 Å². The number of hydrogen-bond acceptors (Lipinski definition) is 11. The predicted molar refractivity (Wildman–Crippen MR) is 139 cm³/mol. The number of pyridine rings is 1. The highest BCUT2D eigenvalue weighted by Crippen LogP contribution is 2.21. The molecule has 0 aliphatic rings. The van der Waals surface area contributed by atoms with Gasteiger partial charge in [-0.3, -0.25) is 0 Å². The summed E-state index contributed by atoms with van der Waals surface area (Å²) in [6.45, 7) is 1.66. The summed E-state index contributed by atoms with van der Waals surface area (Å²) in [5, 5.41) is 3.20. The lowest BCUT2D eigenvalue weighted by Crippen LogP contribution is -2.24. The summed E-state index contributed by atoms with van der Waals surface area (Å²) in [6, 6.07) is 13.5. The zero-order valence-electron chi connectivity index (χ0n) is 21.5. The zero-order valence-corrected chi connectivity index (χ0v) is 21.5. The third kappa shape index (κ3) is 11.0. The van der Waals surface area contributed by atoms with Crippen LogP contribution >= 0.6 is 0 Å². The van der Waals surface area contributed by atoms with Crippen LogP contribution in [0.25, 0.3) is 11.3 Å². The summed E-state index contributed by atoms with van der Waals surface area (Å²) in [4.78, 5) is 51.8. The van der Waals surface area contributed by atoms with Crippen molar-refractivity contribution >= 4 is 29.7 Å². The molecule has 11 nitrogen and oxygen atoms in total. The number of methoxy groups -OCH3 is 2. The molecular weight excluding hydrogens is 494 g/mol. The van der Waals surface area contributed by atoms with Crippen molar-refractivity contribution in [2.24, 2.45) is 0 Å². The number of carbonyl (C=O) groups excluding carboxylic acids is 4. The molecule has 1 aromatic heterocycles. The molecular formula is C27H31N3O8. The van der Waals surface area contributed by atoms with Crippen molar-refractivity contribution < 1.29 is 38.1 Å². The Balaban J connectivity index is 1.84. The molecule has 0 radical (unpaired) electrons. The number of ether oxygens (including phenoxy) is 4. The second-order valence-corrected chi connectivity index (χ2v) is 7.73. The molecule has 1 aromatic carbocycles. The Morgan fingerprint density at radius 1 is 0.842 bits per heavy atom. The Morgan fingerprint density at radius 3 is 2.11 bits per heavy atom. The van der Waals surface area contributed by atoms with Crippen LogP contribution in [0, 0.1) is 0 Å². The highest BCUT2D eigenvalue weighted by molar-refractivity contribution is 5.92. The van der Waals surface area contributed by atoms with Crippen LogP contribution in [-0.4, -0.2) is 76.4 Å². The van der Waals surface area contributed by atoms with Crippen LogP contribution in [0.15, 0.2) is 66.8 Å². The Morgan fingerprint density at radius 2 is 1.45 bits per heavy atom. The number of likely N-dealkylation sites (N-methyl/N-ethyl adjacent to an activating group) is 1. The van der Waals surface area contributed by atoms with Gasteiger partial charge in [0.15, 0.2) is 0 Å². The minimum absolute atomic E-state index is 0.116. The summed E-state index contributed by atoms with van der Waals surface area (Å²) in [5.74, 6) is -1.81. The zero-order chi connectivity index (χ0) is 27.8. The van der Waals surface area contributed by atoms with Crippen molar-refractivity contribution in [3.05, 3.63) is 72.3 Å². The highest BCUT2D eigenvalue weighted by atomic mass is 16.5. The predicted octanol–water partition coefficient (Wildman–Crippen LogP) is 1.82. The average Bonchev–Trinajstić information content (AvgIpc) is 2.94. The highest BCUT2D eigenvalue weighted by Gasteiger charge is 2.08. The number of esters is 4. The molecule has 0 fully saturated rings. The number of benzene rings is 1. The van der Waals surface area contributed by atoms with E-state index in [9.17, 15) is 19.2 Å². The number of rotatable bonds is 14. The van der Waals surface area contributed by atoms with Crippen molar-refractivity contribution in [3.8, 4) is 11.3 Å². The Bertz CT molecular complexity index is 1160. The van der Waals surface area contributed by atoms with Crippen molar-refractivity contribution in [2.45, 2.75) is 6.54 Å². The second kappa shape index (κ2) is 16.3. The fraction of sp³-hybridized carbons (Fsp3) is 0.296. The molecule has 1 N–H and O–H groups in total. The van der Waals surface area contributed by atoms with Crippen molar-refractivity contribution in [2.75, 3.05) is 52.5 Å². The van der Waals surface area contributed by atoms with Crippen LogP contribution < -0.4 is 10.2 Å². The first-order valence-electron chi connectivity index (χ1n) is 11.7. The van der Waals surface area contributed by atoms with Gasteiger partial charge in [0.05, 0.1) is 26.5 Å². The van der Waals surface area contributed by atoms with Gasteiger partial charge in [-0.2, -0.15) is 0 Å². The molecule has 0 unspecified atom stereocenters. The fourth-order valence-electron chi connectivity index (χ4n) is 3.00. The van der Waals surface area contributed by atoms with Crippen LogP contribution in [-0.2, 0) is 44.7 Å². The van der Waals surface area contributed by atoms with Crippen molar-refractivity contribution in [3.63, 3.8) is 0 Å². The first-order chi connectivity index (χ1) is 18.3. The van der Waals surface area contributed by atoms with Crippen molar-refractivity contribution in [1.82, 2.24) is 10.3 Å². The summed E-state index contributed by atoms with van der Waals surface area (Å²) in [5.41, 5.74) is 2.73. The molecule has 0 bridgehead atoms. The molecule has 0 saturated heterocycles. The van der Waals surface area contributed by atoms with Gasteiger partial charge in [0, 0.05) is 50.0 Å². The largest absolute Gasteiger partial charge is 0.466 e. The SMILES string of the molecule is COC(=O)/C=C/C(=O)OCCNCc1cccc(-c2cccc(N(C)CCOC(=O)/C=C/C(=O)OC)n2)c1. The maximum Gasteiger partial charge on any atom is 0.331 e. The maximum atomic E-state index is 11.7. The molecule has 2 rings (SSSR count). The maximum absolute atomic E-state index is 11.7. The minimum atomic E-state index is -0.635. The second-order valence-electron chi connectivity index (χ2n) is 7.73. The number of nitrogens with zero attached hydrogens (tertiary/aromatic N) is 2. The number of hydrogen-bond donors (Lipinski definition) is 1. The smallest absolute Gasteiger partial charge is 0.331 e. The van der Waals surface area contributed by atoms with E-state index >= 15 is 0 Å². The van der Waals surface area contributed by atoms with Crippen LogP contribution in [0.1, 0.15) is 5.56 Å². The Kier molecular flexibility index (Phi) is 12.7. The van der Waals surface area contributed by atoms with Gasteiger partial charge in [0.1, 0.15) is 19.0 Å². The van der Waals surface area contributed by atoms with E-state index in [0.717, 1.165) is 41.1 Å². The number of nitrogens with one attached hydrogen (secondary N) is 1. The third-order valence-corrected chi connectivity index (χ3v) is 4.98. The van der Waals surface area contributed by atoms with Gasteiger partial charge in [-0.05, 0) is 23.8 Å². The van der Waals surface area contributed by atoms with E-state index in [0.29, 0.717) is 25.5 Å². The molecule has 202 valence electrons. The minimum Gasteiger partial charge on any atom is -0.466 e. The lowest BCUT2D eigenvalue weighted by Gasteiger charge is -2.18. The number of aromatic nitrogens is 1. The summed E-state index contributed by atoms with van der Waals surface area (Å²) in [6.07, 6.45) is 4.04. The van der Waals surface area contributed by atoms with E-state index in [2.05, 4.69) is 14.8 Å². The van der Waals surface area contributed by atoms with Gasteiger partial charge >= 0.3 is 23.9 Å². The lowest BCUT2D eigenvalue weighted by molar-refractivity contribution is -0.139. The van der Waals surface area contributed by atoms with Crippen LogP contribution in [0.3, 0.4) is 0 Å². The number of anilines is 1. The van der Waals surface area contributed by atoms with Crippen molar-refractivity contribution in [1.29, 1.82) is 0 Å². The molecule has 0 amide bonds. The molecule has 11 heteroatoms. The van der Waals surface area contributed by atoms with Crippen LogP contribution in [0.4, 0.5) is 5.82 Å². The first kappa shape index (κ1) is 29.7. The summed E-state index contributed by atoms with van der Waals surface area (Å²) in [7, 11) is 4.28. The summed E-state index contributed by atoms with van der Waals surface area (Å²) >= 11 is 0. The molecule has 0 aliphatic carbocycles. The van der Waals surface area contributed by atoms with Gasteiger partial charge < -0.3 is 29.2 Å². The molecule has 1 heterocycles. The molecule has 0 aliphatic heterocycles. The first-order valence-corrected chi connectivity index (χ1v) is 11.7. The van der Waals surface area contributed by atoms with Crippen LogP contribution in [0.5, 0.6) is 0 Å². The van der Waals surface area contributed by atoms with Gasteiger partial charge in [-0.1, -0.05) is 24.3 Å². The van der Waals surface area contributed by atoms with E-state index < -0.39 is 23.9 Å². The Labute approximate surface area is 221 Å². The quantitative estimate of drug-likeness (QED) is 0.168. The van der Waals surface area contributed by atoms with E-state index in [1.54, 1.807) is 0 Å². The molecule has 0 atom stereocenters. The third-order valence-electron chi connectivity index (χ3n) is 4.98. The molecule has 0 saturated carbocycles. The normalized spacial score (nSPS) is 10.8. The van der Waals surface area contributed by atoms with Gasteiger partial charge in [0.25, 0.3) is 0 Å². The average molecular weight is 526 g/mol. The topological polar surface area (TPSA) is 133 Å². The van der Waals surface area contributed by atoms with Gasteiger partial charge in [0.2, 0.25) is 0 Å². The molecule has 38 heavy (non-hydrogen) atoms.